The SMILES string of the molecule is CCOC1(C(O)Cc2ccc(Cl)cc2F)CCCC(C)C1. The van der Waals surface area contributed by atoms with Gasteiger partial charge in [0.2, 0.25) is 0 Å². The zero-order valence-corrected chi connectivity index (χ0v) is 13.5. The first-order chi connectivity index (χ1) is 9.97. The lowest BCUT2D eigenvalue weighted by atomic mass is 9.74. The van der Waals surface area contributed by atoms with Crippen LogP contribution in [0, 0.1) is 11.7 Å². The van der Waals surface area contributed by atoms with Gasteiger partial charge in [0, 0.05) is 18.1 Å². The van der Waals surface area contributed by atoms with Crippen LogP contribution in [0.15, 0.2) is 18.2 Å². The van der Waals surface area contributed by atoms with Crippen molar-refractivity contribution in [1.29, 1.82) is 0 Å². The molecule has 1 N–H and O–H groups in total. The number of hydrogen-bond acceptors (Lipinski definition) is 2. The summed E-state index contributed by atoms with van der Waals surface area (Å²) in [5, 5.41) is 11.1. The van der Waals surface area contributed by atoms with Crippen LogP contribution >= 0.6 is 11.6 Å². The van der Waals surface area contributed by atoms with Crippen molar-refractivity contribution in [1.82, 2.24) is 0 Å². The second kappa shape index (κ2) is 7.08. The van der Waals surface area contributed by atoms with Crippen LogP contribution in [0.25, 0.3) is 0 Å². The number of halogens is 2. The molecule has 1 aliphatic rings. The molecule has 0 aliphatic heterocycles. The van der Waals surface area contributed by atoms with Gasteiger partial charge in [-0.15, -0.1) is 0 Å². The van der Waals surface area contributed by atoms with Crippen molar-refractivity contribution >= 4 is 11.6 Å². The third-order valence-electron chi connectivity index (χ3n) is 4.46. The minimum atomic E-state index is -0.698. The van der Waals surface area contributed by atoms with Gasteiger partial charge in [-0.3, -0.25) is 0 Å². The van der Waals surface area contributed by atoms with Gasteiger partial charge in [0.15, 0.2) is 0 Å². The number of aliphatic hydroxyl groups is 1. The van der Waals surface area contributed by atoms with E-state index >= 15 is 0 Å². The fraction of sp³-hybridized carbons (Fsp3) is 0.647. The van der Waals surface area contributed by atoms with Crippen LogP contribution in [0.5, 0.6) is 0 Å². The van der Waals surface area contributed by atoms with E-state index < -0.39 is 11.7 Å². The van der Waals surface area contributed by atoms with E-state index in [0.717, 1.165) is 25.7 Å². The number of ether oxygens (including phenoxy) is 1. The van der Waals surface area contributed by atoms with Crippen LogP contribution in [-0.2, 0) is 11.2 Å². The highest BCUT2D eigenvalue weighted by Gasteiger charge is 2.42. The fourth-order valence-electron chi connectivity index (χ4n) is 3.44. The van der Waals surface area contributed by atoms with Crippen LogP contribution in [-0.4, -0.2) is 23.4 Å². The highest BCUT2D eigenvalue weighted by molar-refractivity contribution is 6.30. The highest BCUT2D eigenvalue weighted by atomic mass is 35.5. The molecule has 3 atom stereocenters. The zero-order chi connectivity index (χ0) is 15.5. The topological polar surface area (TPSA) is 29.5 Å². The molecule has 0 aromatic heterocycles. The molecule has 21 heavy (non-hydrogen) atoms. The van der Waals surface area contributed by atoms with Crippen molar-refractivity contribution in [3.05, 3.63) is 34.6 Å². The molecule has 1 aliphatic carbocycles. The van der Waals surface area contributed by atoms with E-state index in [1.54, 1.807) is 12.1 Å². The lowest BCUT2D eigenvalue weighted by Gasteiger charge is -2.43. The van der Waals surface area contributed by atoms with Crippen LogP contribution in [0.4, 0.5) is 4.39 Å². The first-order valence-corrected chi connectivity index (χ1v) is 8.10. The Balaban J connectivity index is 2.16. The molecule has 1 saturated carbocycles. The van der Waals surface area contributed by atoms with E-state index in [4.69, 9.17) is 16.3 Å². The summed E-state index contributed by atoms with van der Waals surface area (Å²) in [5.74, 6) is 0.159. The molecule has 0 bridgehead atoms. The van der Waals surface area contributed by atoms with Gasteiger partial charge in [-0.05, 0) is 43.4 Å². The molecule has 0 saturated heterocycles. The number of benzene rings is 1. The van der Waals surface area contributed by atoms with Crippen molar-refractivity contribution < 1.29 is 14.2 Å². The predicted molar refractivity (Wildman–Crippen MR) is 83.1 cm³/mol. The van der Waals surface area contributed by atoms with Gasteiger partial charge in [0.05, 0.1) is 11.7 Å². The van der Waals surface area contributed by atoms with Crippen LogP contribution in [0.2, 0.25) is 5.02 Å². The summed E-state index contributed by atoms with van der Waals surface area (Å²) in [6.07, 6.45) is 3.43. The number of hydrogen-bond donors (Lipinski definition) is 1. The smallest absolute Gasteiger partial charge is 0.127 e. The zero-order valence-electron chi connectivity index (χ0n) is 12.7. The standard InChI is InChI=1S/C17H24ClFO2/c1-3-21-17(8-4-5-12(2)11-17)16(20)9-13-6-7-14(18)10-15(13)19/h6-7,10,12,16,20H,3-5,8-9,11H2,1-2H3. The second-order valence-corrected chi connectivity index (χ2v) is 6.59. The minimum Gasteiger partial charge on any atom is -0.390 e. The van der Waals surface area contributed by atoms with E-state index in [-0.39, 0.29) is 12.2 Å². The normalized spacial score (nSPS) is 27.6. The molecule has 1 fully saturated rings. The minimum absolute atomic E-state index is 0.260. The maximum absolute atomic E-state index is 13.9. The van der Waals surface area contributed by atoms with Crippen molar-refractivity contribution in [3.63, 3.8) is 0 Å². The molecule has 0 radical (unpaired) electrons. The Kier molecular flexibility index (Phi) is 5.64. The molecule has 118 valence electrons. The van der Waals surface area contributed by atoms with Crippen LogP contribution in [0.1, 0.15) is 45.1 Å². The molecule has 1 aromatic rings. The highest BCUT2D eigenvalue weighted by Crippen LogP contribution is 2.39. The van der Waals surface area contributed by atoms with Crippen molar-refractivity contribution in [3.8, 4) is 0 Å². The molecule has 1 aromatic carbocycles. The summed E-state index contributed by atoms with van der Waals surface area (Å²) in [7, 11) is 0. The largest absolute Gasteiger partial charge is 0.390 e. The molecular formula is C17H24ClFO2. The average molecular weight is 315 g/mol. The molecule has 2 nitrogen and oxygen atoms in total. The summed E-state index contributed by atoms with van der Waals surface area (Å²) in [6.45, 7) is 4.69. The van der Waals surface area contributed by atoms with Gasteiger partial charge < -0.3 is 9.84 Å². The lowest BCUT2D eigenvalue weighted by Crippen LogP contribution is -2.49. The van der Waals surface area contributed by atoms with Gasteiger partial charge >= 0.3 is 0 Å². The monoisotopic (exact) mass is 314 g/mol. The number of aliphatic hydroxyl groups excluding tert-OH is 1. The van der Waals surface area contributed by atoms with E-state index in [0.29, 0.717) is 23.1 Å². The summed E-state index contributed by atoms with van der Waals surface area (Å²) in [6, 6.07) is 4.59. The van der Waals surface area contributed by atoms with Gasteiger partial charge in [0.1, 0.15) is 5.82 Å². The van der Waals surface area contributed by atoms with Crippen LogP contribution in [0.3, 0.4) is 0 Å². The quantitative estimate of drug-likeness (QED) is 0.874. The third-order valence-corrected chi connectivity index (χ3v) is 4.69. The first kappa shape index (κ1) is 16.7. The molecule has 0 amide bonds. The fourth-order valence-corrected chi connectivity index (χ4v) is 3.60. The van der Waals surface area contributed by atoms with Crippen molar-refractivity contribution in [2.24, 2.45) is 5.92 Å². The predicted octanol–water partition coefficient (Wildman–Crippen LogP) is 4.37. The van der Waals surface area contributed by atoms with Gasteiger partial charge in [-0.2, -0.15) is 0 Å². The van der Waals surface area contributed by atoms with Gasteiger partial charge in [-0.1, -0.05) is 37.4 Å². The summed E-state index contributed by atoms with van der Waals surface area (Å²) >= 11 is 5.77. The van der Waals surface area contributed by atoms with E-state index in [9.17, 15) is 9.50 Å². The Morgan fingerprint density at radius 3 is 2.90 bits per heavy atom. The van der Waals surface area contributed by atoms with E-state index in [1.807, 2.05) is 6.92 Å². The maximum atomic E-state index is 13.9. The molecule has 4 heteroatoms. The van der Waals surface area contributed by atoms with E-state index in [1.165, 1.54) is 6.07 Å². The first-order valence-electron chi connectivity index (χ1n) is 7.73. The molecule has 0 heterocycles. The Morgan fingerprint density at radius 2 is 2.29 bits per heavy atom. The van der Waals surface area contributed by atoms with Crippen molar-refractivity contribution in [2.75, 3.05) is 6.61 Å². The number of rotatable bonds is 5. The molecule has 2 rings (SSSR count). The van der Waals surface area contributed by atoms with Crippen LogP contribution < -0.4 is 0 Å². The Morgan fingerprint density at radius 1 is 1.52 bits per heavy atom. The van der Waals surface area contributed by atoms with Gasteiger partial charge in [-0.25, -0.2) is 4.39 Å². The summed E-state index contributed by atoms with van der Waals surface area (Å²) in [4.78, 5) is 0. The second-order valence-electron chi connectivity index (χ2n) is 6.15. The maximum Gasteiger partial charge on any atom is 0.127 e. The Labute approximate surface area is 131 Å². The summed E-state index contributed by atoms with van der Waals surface area (Å²) < 4.78 is 19.9. The Bertz CT molecular complexity index is 476. The lowest BCUT2D eigenvalue weighted by molar-refractivity contribution is -0.147. The molecule has 3 unspecified atom stereocenters. The van der Waals surface area contributed by atoms with E-state index in [2.05, 4.69) is 6.92 Å². The average Bonchev–Trinajstić information content (AvgIpc) is 2.42. The molecular weight excluding hydrogens is 291 g/mol. The molecule has 0 spiro atoms. The van der Waals surface area contributed by atoms with Gasteiger partial charge in [0.25, 0.3) is 0 Å². The van der Waals surface area contributed by atoms with Crippen molar-refractivity contribution in [2.45, 2.75) is 57.7 Å². The summed E-state index contributed by atoms with van der Waals surface area (Å²) in [5.41, 5.74) is -0.0532. The Hall–Kier alpha value is -0.640. The third kappa shape index (κ3) is 3.97.